The fourth-order valence-electron chi connectivity index (χ4n) is 2.42. The van der Waals surface area contributed by atoms with Crippen LogP contribution in [0.5, 0.6) is 0 Å². The fraction of sp³-hybridized carbons (Fsp3) is 0.300. The maximum Gasteiger partial charge on any atom is 0.323 e. The minimum Gasteiger partial charge on any atom is -0.465 e. The molecule has 1 unspecified atom stereocenters. The van der Waals surface area contributed by atoms with Gasteiger partial charge in [0.15, 0.2) is 5.78 Å². The van der Waals surface area contributed by atoms with Gasteiger partial charge in [-0.15, -0.1) is 0 Å². The number of aromatic nitrogens is 1. The number of ketones is 1. The normalized spacial score (nSPS) is 13.3. The molecule has 1 aromatic carbocycles. The number of esters is 1. The third-order valence-electron chi connectivity index (χ3n) is 4.09. The molecule has 0 saturated heterocycles. The van der Waals surface area contributed by atoms with E-state index < -0.39 is 11.4 Å². The van der Waals surface area contributed by atoms with Gasteiger partial charge in [-0.1, -0.05) is 30.4 Å². The Hall–Kier alpha value is -3.02. The van der Waals surface area contributed by atoms with Crippen LogP contribution in [0.25, 0.3) is 10.9 Å². The zero-order valence-corrected chi connectivity index (χ0v) is 15.1. The average Bonchev–Trinajstić information content (AvgIpc) is 2.62. The van der Waals surface area contributed by atoms with E-state index in [1.54, 1.807) is 19.2 Å². The largest absolute Gasteiger partial charge is 0.465 e. The molecule has 0 radical (unpaired) electrons. The van der Waals surface area contributed by atoms with E-state index in [1.165, 1.54) is 26.0 Å². The van der Waals surface area contributed by atoms with Gasteiger partial charge in [-0.2, -0.15) is 0 Å². The van der Waals surface area contributed by atoms with Crippen molar-refractivity contribution in [1.82, 2.24) is 4.98 Å². The number of nitrogens with one attached hydrogen (secondary N) is 1. The van der Waals surface area contributed by atoms with Crippen molar-refractivity contribution in [2.45, 2.75) is 27.2 Å². The number of benzene rings is 1. The molecule has 26 heavy (non-hydrogen) atoms. The van der Waals surface area contributed by atoms with Gasteiger partial charge >= 0.3 is 5.97 Å². The molecule has 0 bridgehead atoms. The minimum absolute atomic E-state index is 0.0193. The second-order valence-electron chi connectivity index (χ2n) is 6.01. The lowest BCUT2D eigenvalue weighted by atomic mass is 9.85. The van der Waals surface area contributed by atoms with E-state index in [0.717, 1.165) is 5.39 Å². The molecule has 1 amide bonds. The first-order chi connectivity index (χ1) is 12.4. The fourth-order valence-corrected chi connectivity index (χ4v) is 2.42. The van der Waals surface area contributed by atoms with Gasteiger partial charge in [0, 0.05) is 18.0 Å². The Balaban J connectivity index is 2.08. The summed E-state index contributed by atoms with van der Waals surface area (Å²) >= 11 is 0. The zero-order chi connectivity index (χ0) is 19.2. The third-order valence-corrected chi connectivity index (χ3v) is 4.09. The Morgan fingerprint density at radius 1 is 1.23 bits per heavy atom. The van der Waals surface area contributed by atoms with E-state index in [-0.39, 0.29) is 24.7 Å². The molecular weight excluding hydrogens is 332 g/mol. The lowest BCUT2D eigenvalue weighted by Gasteiger charge is -2.20. The standard InChI is InChI=1S/C20H22N2O4/c1-4-26-19(25)20(3,14(2)23)12-6-11-17(24)22-16-10-5-8-15-9-7-13-21-18(15)16/h5-10,12-13H,4,11H2,1-3H3,(H,22,24)/b12-6+. The van der Waals surface area contributed by atoms with E-state index in [9.17, 15) is 14.4 Å². The molecule has 0 aliphatic rings. The topological polar surface area (TPSA) is 85.4 Å². The maximum absolute atomic E-state index is 12.2. The van der Waals surface area contributed by atoms with Gasteiger partial charge in [0.1, 0.15) is 5.41 Å². The number of pyridine rings is 1. The molecule has 6 heteroatoms. The van der Waals surface area contributed by atoms with Gasteiger partial charge in [-0.05, 0) is 32.9 Å². The van der Waals surface area contributed by atoms with Crippen LogP contribution in [-0.4, -0.2) is 29.3 Å². The van der Waals surface area contributed by atoms with Gasteiger partial charge in [0.2, 0.25) is 5.91 Å². The Morgan fingerprint density at radius 3 is 2.65 bits per heavy atom. The number of rotatable bonds is 7. The summed E-state index contributed by atoms with van der Waals surface area (Å²) in [5.74, 6) is -1.23. The van der Waals surface area contributed by atoms with Crippen molar-refractivity contribution in [3.8, 4) is 0 Å². The predicted octanol–water partition coefficient (Wildman–Crippen LogP) is 3.28. The molecule has 1 N–H and O–H groups in total. The van der Waals surface area contributed by atoms with Gasteiger partial charge in [0.05, 0.1) is 17.8 Å². The van der Waals surface area contributed by atoms with Gasteiger partial charge < -0.3 is 10.1 Å². The highest BCUT2D eigenvalue weighted by Gasteiger charge is 2.37. The van der Waals surface area contributed by atoms with Crippen LogP contribution >= 0.6 is 0 Å². The summed E-state index contributed by atoms with van der Waals surface area (Å²) in [6, 6.07) is 9.26. The molecule has 6 nitrogen and oxygen atoms in total. The molecule has 0 aliphatic carbocycles. The quantitative estimate of drug-likeness (QED) is 0.468. The number of para-hydroxylation sites is 1. The first-order valence-electron chi connectivity index (χ1n) is 8.38. The number of carbonyl (C=O) groups is 3. The molecule has 2 rings (SSSR count). The van der Waals surface area contributed by atoms with Gasteiger partial charge in [-0.25, -0.2) is 0 Å². The van der Waals surface area contributed by atoms with Crippen LogP contribution in [0.15, 0.2) is 48.7 Å². The zero-order valence-electron chi connectivity index (χ0n) is 15.1. The third kappa shape index (κ3) is 4.33. The Kier molecular flexibility index (Phi) is 6.22. The minimum atomic E-state index is -1.39. The summed E-state index contributed by atoms with van der Waals surface area (Å²) in [6.45, 7) is 4.66. The van der Waals surface area contributed by atoms with Crippen molar-refractivity contribution in [3.05, 3.63) is 48.7 Å². The predicted molar refractivity (Wildman–Crippen MR) is 99.6 cm³/mol. The lowest BCUT2D eigenvalue weighted by molar-refractivity contribution is -0.155. The first-order valence-corrected chi connectivity index (χ1v) is 8.38. The summed E-state index contributed by atoms with van der Waals surface area (Å²) in [4.78, 5) is 40.3. The van der Waals surface area contributed by atoms with Crippen LogP contribution in [0.3, 0.4) is 0 Å². The highest BCUT2D eigenvalue weighted by Crippen LogP contribution is 2.23. The summed E-state index contributed by atoms with van der Waals surface area (Å²) in [6.07, 6.45) is 4.61. The Bertz CT molecular complexity index is 855. The molecule has 0 spiro atoms. The lowest BCUT2D eigenvalue weighted by Crippen LogP contribution is -2.34. The van der Waals surface area contributed by atoms with E-state index >= 15 is 0 Å². The molecule has 1 atom stereocenters. The van der Waals surface area contributed by atoms with Crippen LogP contribution in [0.2, 0.25) is 0 Å². The highest BCUT2D eigenvalue weighted by molar-refractivity contribution is 6.04. The number of anilines is 1. The van der Waals surface area contributed by atoms with E-state index in [2.05, 4.69) is 10.3 Å². The first kappa shape index (κ1) is 19.3. The number of hydrogen-bond acceptors (Lipinski definition) is 5. The summed E-state index contributed by atoms with van der Waals surface area (Å²) in [5.41, 5.74) is -0.0780. The molecule has 0 aliphatic heterocycles. The second kappa shape index (κ2) is 8.38. The molecule has 0 fully saturated rings. The van der Waals surface area contributed by atoms with Crippen molar-refractivity contribution in [2.75, 3.05) is 11.9 Å². The molecule has 1 heterocycles. The summed E-state index contributed by atoms with van der Waals surface area (Å²) in [5, 5.41) is 3.72. The van der Waals surface area contributed by atoms with E-state index in [1.807, 2.05) is 24.3 Å². The van der Waals surface area contributed by atoms with Crippen LogP contribution in [0.1, 0.15) is 27.2 Å². The number of amides is 1. The van der Waals surface area contributed by atoms with Gasteiger partial charge in [-0.3, -0.25) is 19.4 Å². The average molecular weight is 354 g/mol. The Labute approximate surface area is 152 Å². The molecular formula is C20H22N2O4. The number of fused-ring (bicyclic) bond motifs is 1. The van der Waals surface area contributed by atoms with Crippen LogP contribution in [-0.2, 0) is 19.1 Å². The van der Waals surface area contributed by atoms with Crippen molar-refractivity contribution >= 4 is 34.3 Å². The molecule has 1 aromatic heterocycles. The van der Waals surface area contributed by atoms with E-state index in [0.29, 0.717) is 11.2 Å². The number of nitrogens with zero attached hydrogens (tertiary/aromatic N) is 1. The number of Topliss-reactive ketones (excluding diaryl/α,β-unsaturated/α-hetero) is 1. The SMILES string of the molecule is CCOC(=O)C(C)(/C=C/CC(=O)Nc1cccc2cccnc12)C(C)=O. The van der Waals surface area contributed by atoms with E-state index in [4.69, 9.17) is 4.74 Å². The molecule has 136 valence electrons. The second-order valence-corrected chi connectivity index (χ2v) is 6.01. The van der Waals surface area contributed by atoms with Crippen molar-refractivity contribution in [3.63, 3.8) is 0 Å². The smallest absolute Gasteiger partial charge is 0.323 e. The van der Waals surface area contributed by atoms with Crippen molar-refractivity contribution < 1.29 is 19.1 Å². The van der Waals surface area contributed by atoms with Crippen molar-refractivity contribution in [1.29, 1.82) is 0 Å². The summed E-state index contributed by atoms with van der Waals surface area (Å²) < 4.78 is 4.95. The van der Waals surface area contributed by atoms with Crippen LogP contribution in [0.4, 0.5) is 5.69 Å². The number of hydrogen-bond donors (Lipinski definition) is 1. The van der Waals surface area contributed by atoms with Crippen LogP contribution in [0, 0.1) is 5.41 Å². The molecule has 0 saturated carbocycles. The monoisotopic (exact) mass is 354 g/mol. The maximum atomic E-state index is 12.2. The van der Waals surface area contributed by atoms with Gasteiger partial charge in [0.25, 0.3) is 0 Å². The molecule has 2 aromatic rings. The Morgan fingerprint density at radius 2 is 1.96 bits per heavy atom. The number of ether oxygens (including phenoxy) is 1. The summed E-state index contributed by atoms with van der Waals surface area (Å²) in [7, 11) is 0. The van der Waals surface area contributed by atoms with Crippen LogP contribution < -0.4 is 5.32 Å². The number of carbonyl (C=O) groups excluding carboxylic acids is 3. The van der Waals surface area contributed by atoms with Crippen molar-refractivity contribution in [2.24, 2.45) is 5.41 Å². The highest BCUT2D eigenvalue weighted by atomic mass is 16.5.